The fraction of sp³-hybridized carbons (Fsp3) is 0.269. The predicted octanol–water partition coefficient (Wildman–Crippen LogP) is 5.37. The van der Waals surface area contributed by atoms with E-state index in [0.29, 0.717) is 0 Å². The van der Waals surface area contributed by atoms with E-state index in [1.165, 1.54) is 11.1 Å². The van der Waals surface area contributed by atoms with E-state index in [0.717, 1.165) is 67.5 Å². The number of unbranched alkanes of at least 4 members (excludes halogenated alkanes) is 1. The Morgan fingerprint density at radius 3 is 2.41 bits per heavy atom. The molecule has 3 heteroatoms. The Morgan fingerprint density at radius 2 is 1.62 bits per heavy atom. The third-order valence-electron chi connectivity index (χ3n) is 6.19. The molecule has 3 aromatic carbocycles. The number of hydrogen-bond donors (Lipinski definition) is 0. The number of hydrogen-bond acceptors (Lipinski definition) is 2. The van der Waals surface area contributed by atoms with E-state index in [2.05, 4.69) is 65.6 Å². The van der Waals surface area contributed by atoms with Gasteiger partial charge in [0.25, 0.3) is 5.91 Å². The highest BCUT2D eigenvalue weighted by Crippen LogP contribution is 2.37. The van der Waals surface area contributed by atoms with Crippen LogP contribution in [0.15, 0.2) is 72.8 Å². The third kappa shape index (κ3) is 3.47. The lowest BCUT2D eigenvalue weighted by molar-refractivity contribution is 0.0992. The van der Waals surface area contributed by atoms with Crippen molar-refractivity contribution in [3.05, 3.63) is 83.9 Å². The van der Waals surface area contributed by atoms with E-state index < -0.39 is 0 Å². The summed E-state index contributed by atoms with van der Waals surface area (Å²) in [6.45, 7) is 4.04. The molecule has 0 spiro atoms. The van der Waals surface area contributed by atoms with Crippen molar-refractivity contribution in [1.29, 1.82) is 0 Å². The monoisotopic (exact) mass is 382 g/mol. The Bertz CT molecular complexity index is 1070. The van der Waals surface area contributed by atoms with Gasteiger partial charge in [0.2, 0.25) is 0 Å². The predicted molar refractivity (Wildman–Crippen MR) is 120 cm³/mol. The average molecular weight is 383 g/mol. The minimum Gasteiger partial charge on any atom is -0.308 e. The molecule has 29 heavy (non-hydrogen) atoms. The zero-order valence-electron chi connectivity index (χ0n) is 16.7. The molecule has 0 N–H and O–H groups in total. The summed E-state index contributed by atoms with van der Waals surface area (Å²) < 4.78 is 0. The Hall–Kier alpha value is -2.91. The van der Waals surface area contributed by atoms with Crippen LogP contribution in [-0.2, 0) is 0 Å². The van der Waals surface area contributed by atoms with E-state index in [-0.39, 0.29) is 5.91 Å². The van der Waals surface area contributed by atoms with Crippen molar-refractivity contribution in [3.8, 4) is 0 Å². The zero-order valence-corrected chi connectivity index (χ0v) is 16.7. The first kappa shape index (κ1) is 18.1. The van der Waals surface area contributed by atoms with E-state index in [4.69, 9.17) is 0 Å². The molecule has 3 aromatic rings. The Balaban J connectivity index is 1.15. The molecule has 3 nitrogen and oxygen atoms in total. The van der Waals surface area contributed by atoms with Crippen LogP contribution < -0.4 is 4.90 Å². The van der Waals surface area contributed by atoms with Crippen molar-refractivity contribution >= 4 is 27.9 Å². The van der Waals surface area contributed by atoms with Crippen molar-refractivity contribution < 1.29 is 4.79 Å². The van der Waals surface area contributed by atoms with Crippen molar-refractivity contribution in [2.45, 2.75) is 19.3 Å². The Kier molecular flexibility index (Phi) is 4.91. The molecule has 2 heterocycles. The zero-order chi connectivity index (χ0) is 19.6. The van der Waals surface area contributed by atoms with Gasteiger partial charge in [-0.2, -0.15) is 0 Å². The second-order valence-electron chi connectivity index (χ2n) is 7.99. The van der Waals surface area contributed by atoms with Crippen molar-refractivity contribution in [3.63, 3.8) is 0 Å². The molecule has 0 saturated heterocycles. The number of carbonyl (C=O) groups is 1. The van der Waals surface area contributed by atoms with Crippen molar-refractivity contribution in [1.82, 2.24) is 4.90 Å². The standard InChI is InChI=1S/C26H26N2O/c29-26-23-12-6-10-22-11-7-13-24(25(22)23)28(26)17-5-4-16-27-18-14-21(15-19-27)20-8-2-1-3-9-20/h1-3,6-14H,4-5,15-19H2. The van der Waals surface area contributed by atoms with E-state index >= 15 is 0 Å². The number of anilines is 1. The molecule has 1 amide bonds. The van der Waals surface area contributed by atoms with Gasteiger partial charge in [0, 0.05) is 30.6 Å². The molecule has 2 aliphatic heterocycles. The highest BCUT2D eigenvalue weighted by molar-refractivity contribution is 6.24. The maximum Gasteiger partial charge on any atom is 0.258 e. The number of rotatable bonds is 6. The molecule has 0 unspecified atom stereocenters. The fourth-order valence-electron chi connectivity index (χ4n) is 4.64. The molecule has 0 saturated carbocycles. The topological polar surface area (TPSA) is 23.6 Å². The second kappa shape index (κ2) is 7.84. The van der Waals surface area contributed by atoms with Gasteiger partial charge in [0.15, 0.2) is 0 Å². The summed E-state index contributed by atoms with van der Waals surface area (Å²) in [6.07, 6.45) is 5.64. The number of amides is 1. The van der Waals surface area contributed by atoms with Gasteiger partial charge in [-0.25, -0.2) is 0 Å². The van der Waals surface area contributed by atoms with Crippen molar-refractivity contribution in [2.75, 3.05) is 31.1 Å². The van der Waals surface area contributed by atoms with Crippen LogP contribution in [0.2, 0.25) is 0 Å². The number of carbonyl (C=O) groups excluding carboxylic acids is 1. The van der Waals surface area contributed by atoms with Gasteiger partial charge in [-0.1, -0.05) is 60.7 Å². The quantitative estimate of drug-likeness (QED) is 0.535. The lowest BCUT2D eigenvalue weighted by Gasteiger charge is -2.27. The van der Waals surface area contributed by atoms with E-state index in [1.54, 1.807) is 0 Å². The van der Waals surface area contributed by atoms with Gasteiger partial charge in [-0.05, 0) is 54.5 Å². The summed E-state index contributed by atoms with van der Waals surface area (Å²) in [4.78, 5) is 17.3. The third-order valence-corrected chi connectivity index (χ3v) is 6.19. The van der Waals surface area contributed by atoms with Gasteiger partial charge in [-0.15, -0.1) is 0 Å². The largest absolute Gasteiger partial charge is 0.308 e. The van der Waals surface area contributed by atoms with Crippen LogP contribution in [0.5, 0.6) is 0 Å². The summed E-state index contributed by atoms with van der Waals surface area (Å²) in [7, 11) is 0. The van der Waals surface area contributed by atoms with Crippen LogP contribution in [0, 0.1) is 0 Å². The highest BCUT2D eigenvalue weighted by Gasteiger charge is 2.28. The minimum absolute atomic E-state index is 0.158. The molecule has 0 bridgehead atoms. The molecule has 0 fully saturated rings. The Morgan fingerprint density at radius 1 is 0.828 bits per heavy atom. The molecule has 5 rings (SSSR count). The normalized spacial score (nSPS) is 16.5. The minimum atomic E-state index is 0.158. The van der Waals surface area contributed by atoms with Gasteiger partial charge in [0.1, 0.15) is 0 Å². The molecule has 146 valence electrons. The van der Waals surface area contributed by atoms with E-state index in [1.807, 2.05) is 17.0 Å². The Labute approximate surface area is 172 Å². The number of nitrogens with zero attached hydrogens (tertiary/aromatic N) is 2. The molecule has 2 aliphatic rings. The molecular weight excluding hydrogens is 356 g/mol. The first-order valence-corrected chi connectivity index (χ1v) is 10.6. The SMILES string of the molecule is O=C1c2cccc3cccc(c23)N1CCCCN1CC=C(c2ccccc2)CC1. The lowest BCUT2D eigenvalue weighted by atomic mass is 9.99. The van der Waals surface area contributed by atoms with Crippen LogP contribution in [0.3, 0.4) is 0 Å². The summed E-state index contributed by atoms with van der Waals surface area (Å²) in [5, 5.41) is 2.28. The first-order chi connectivity index (χ1) is 14.3. The van der Waals surface area contributed by atoms with Gasteiger partial charge in [-0.3, -0.25) is 9.69 Å². The summed E-state index contributed by atoms with van der Waals surface area (Å²) in [5.74, 6) is 0.158. The van der Waals surface area contributed by atoms with Crippen LogP contribution in [0.4, 0.5) is 5.69 Å². The van der Waals surface area contributed by atoms with Crippen LogP contribution in [0.25, 0.3) is 16.3 Å². The summed E-state index contributed by atoms with van der Waals surface area (Å²) in [5.41, 5.74) is 4.76. The summed E-state index contributed by atoms with van der Waals surface area (Å²) >= 11 is 0. The van der Waals surface area contributed by atoms with E-state index in [9.17, 15) is 4.79 Å². The maximum absolute atomic E-state index is 12.9. The first-order valence-electron chi connectivity index (χ1n) is 10.6. The van der Waals surface area contributed by atoms with Gasteiger partial charge in [0.05, 0.1) is 5.69 Å². The molecule has 0 aliphatic carbocycles. The average Bonchev–Trinajstić information content (AvgIpc) is 3.06. The maximum atomic E-state index is 12.9. The molecular formula is C26H26N2O. The second-order valence-corrected chi connectivity index (χ2v) is 7.99. The molecule has 0 atom stereocenters. The van der Waals surface area contributed by atoms with Gasteiger partial charge >= 0.3 is 0 Å². The van der Waals surface area contributed by atoms with Gasteiger partial charge < -0.3 is 4.90 Å². The fourth-order valence-corrected chi connectivity index (χ4v) is 4.64. The molecule has 0 radical (unpaired) electrons. The van der Waals surface area contributed by atoms with Crippen LogP contribution >= 0.6 is 0 Å². The highest BCUT2D eigenvalue weighted by atomic mass is 16.2. The smallest absolute Gasteiger partial charge is 0.258 e. The lowest BCUT2D eigenvalue weighted by Crippen LogP contribution is -2.31. The van der Waals surface area contributed by atoms with Crippen LogP contribution in [-0.4, -0.2) is 37.0 Å². The summed E-state index contributed by atoms with van der Waals surface area (Å²) in [6, 6.07) is 23.0. The van der Waals surface area contributed by atoms with Crippen molar-refractivity contribution in [2.24, 2.45) is 0 Å². The van der Waals surface area contributed by atoms with Crippen LogP contribution in [0.1, 0.15) is 35.2 Å². The molecule has 0 aromatic heterocycles. The number of benzene rings is 3.